The van der Waals surface area contributed by atoms with Crippen LogP contribution in [0.2, 0.25) is 0 Å². The number of rotatable bonds is 8. The molecular formula is C21H38IN5OS2. The molecule has 1 aromatic heterocycles. The van der Waals surface area contributed by atoms with Gasteiger partial charge in [0.2, 0.25) is 0 Å². The Morgan fingerprint density at radius 3 is 2.70 bits per heavy atom. The maximum Gasteiger partial charge on any atom is 0.194 e. The molecule has 0 aromatic carbocycles. The van der Waals surface area contributed by atoms with E-state index in [1.807, 2.05) is 6.92 Å². The molecule has 1 aliphatic heterocycles. The largest absolute Gasteiger partial charge is 0.375 e. The molecule has 0 radical (unpaired) electrons. The average molecular weight is 568 g/mol. The summed E-state index contributed by atoms with van der Waals surface area (Å²) in [5, 5.41) is 6.66. The lowest BCUT2D eigenvalue weighted by Gasteiger charge is -2.42. The first-order valence-electron chi connectivity index (χ1n) is 10.9. The normalized spacial score (nSPS) is 20.6. The molecule has 1 aliphatic carbocycles. The van der Waals surface area contributed by atoms with Gasteiger partial charge < -0.3 is 15.0 Å². The van der Waals surface area contributed by atoms with E-state index in [2.05, 4.69) is 46.2 Å². The number of hydrogen-bond acceptors (Lipinski definition) is 6. The number of aliphatic imine (C=N–C) groups is 1. The van der Waals surface area contributed by atoms with E-state index in [-0.39, 0.29) is 35.6 Å². The van der Waals surface area contributed by atoms with Crippen LogP contribution in [0.3, 0.4) is 0 Å². The van der Waals surface area contributed by atoms with Crippen LogP contribution in [-0.2, 0) is 11.3 Å². The van der Waals surface area contributed by atoms with Gasteiger partial charge in [-0.05, 0) is 26.7 Å². The van der Waals surface area contributed by atoms with Gasteiger partial charge in [0.15, 0.2) is 5.96 Å². The molecule has 6 nitrogen and oxygen atoms in total. The van der Waals surface area contributed by atoms with E-state index in [9.17, 15) is 0 Å². The molecule has 2 fully saturated rings. The molecule has 30 heavy (non-hydrogen) atoms. The standard InChI is InChI=1S/C21H37N5OS2.HI/c1-5-22-20(25(3)14-18-15-29-19(24-18)17(2)27-4)23-16-21(8-6-7-9-21)26-10-12-28-13-11-26;/h15,17H,5-14,16H2,1-4H3,(H,22,23);1H. The Kier molecular flexibility index (Phi) is 11.2. The summed E-state index contributed by atoms with van der Waals surface area (Å²) >= 11 is 3.76. The van der Waals surface area contributed by atoms with E-state index in [0.29, 0.717) is 0 Å². The SMILES string of the molecule is CCNC(=NCC1(N2CCSCC2)CCCC1)N(C)Cc1csc(C(C)OC)n1.I. The van der Waals surface area contributed by atoms with E-state index in [4.69, 9.17) is 14.7 Å². The number of guanidine groups is 1. The van der Waals surface area contributed by atoms with Gasteiger partial charge in [0.05, 0.1) is 18.8 Å². The minimum absolute atomic E-state index is 0. The van der Waals surface area contributed by atoms with Crippen molar-refractivity contribution in [2.24, 2.45) is 4.99 Å². The van der Waals surface area contributed by atoms with Crippen LogP contribution in [0.1, 0.15) is 56.3 Å². The monoisotopic (exact) mass is 567 g/mol. The molecule has 0 amide bonds. The van der Waals surface area contributed by atoms with Crippen molar-refractivity contribution in [1.29, 1.82) is 0 Å². The lowest BCUT2D eigenvalue weighted by atomic mass is 9.95. The van der Waals surface area contributed by atoms with Crippen molar-refractivity contribution in [2.45, 2.75) is 57.7 Å². The van der Waals surface area contributed by atoms with Crippen LogP contribution in [0.25, 0.3) is 0 Å². The summed E-state index contributed by atoms with van der Waals surface area (Å²) in [5.74, 6) is 3.51. The molecule has 9 heteroatoms. The van der Waals surface area contributed by atoms with Gasteiger partial charge in [-0.1, -0.05) is 12.8 Å². The number of ether oxygens (including phenoxy) is 1. The molecule has 1 aromatic rings. The van der Waals surface area contributed by atoms with E-state index >= 15 is 0 Å². The second-order valence-electron chi connectivity index (χ2n) is 8.11. The highest BCUT2D eigenvalue weighted by molar-refractivity contribution is 14.0. The number of nitrogens with one attached hydrogen (secondary N) is 1. The molecular weight excluding hydrogens is 529 g/mol. The van der Waals surface area contributed by atoms with E-state index in [0.717, 1.165) is 36.3 Å². The smallest absolute Gasteiger partial charge is 0.194 e. The third-order valence-electron chi connectivity index (χ3n) is 6.11. The van der Waals surface area contributed by atoms with Gasteiger partial charge in [-0.2, -0.15) is 11.8 Å². The molecule has 2 aliphatic rings. The molecule has 0 bridgehead atoms. The maximum absolute atomic E-state index is 5.40. The first kappa shape index (κ1) is 26.2. The fourth-order valence-electron chi connectivity index (χ4n) is 4.34. The first-order valence-corrected chi connectivity index (χ1v) is 12.9. The Bertz CT molecular complexity index is 660. The molecule has 1 saturated heterocycles. The summed E-state index contributed by atoms with van der Waals surface area (Å²) < 4.78 is 5.40. The molecule has 1 N–H and O–H groups in total. The topological polar surface area (TPSA) is 53.0 Å². The third-order valence-corrected chi connectivity index (χ3v) is 8.10. The molecule has 1 unspecified atom stereocenters. The van der Waals surface area contributed by atoms with Crippen LogP contribution in [-0.4, -0.2) is 78.1 Å². The van der Waals surface area contributed by atoms with Crippen molar-refractivity contribution >= 4 is 53.0 Å². The van der Waals surface area contributed by atoms with Crippen LogP contribution in [0.5, 0.6) is 0 Å². The minimum Gasteiger partial charge on any atom is -0.375 e. The number of thiazole rings is 1. The Balaban J connectivity index is 0.00000320. The van der Waals surface area contributed by atoms with Crippen LogP contribution < -0.4 is 5.32 Å². The van der Waals surface area contributed by atoms with Gasteiger partial charge >= 0.3 is 0 Å². The van der Waals surface area contributed by atoms with E-state index < -0.39 is 0 Å². The second kappa shape index (κ2) is 12.8. The second-order valence-corrected chi connectivity index (χ2v) is 10.2. The maximum atomic E-state index is 5.40. The van der Waals surface area contributed by atoms with Crippen molar-refractivity contribution in [3.63, 3.8) is 0 Å². The molecule has 3 rings (SSSR count). The number of nitrogens with zero attached hydrogens (tertiary/aromatic N) is 4. The van der Waals surface area contributed by atoms with Crippen molar-refractivity contribution in [3.05, 3.63) is 16.1 Å². The van der Waals surface area contributed by atoms with Crippen molar-refractivity contribution in [1.82, 2.24) is 20.1 Å². The minimum atomic E-state index is 0. The Hall–Kier alpha value is -0.100. The number of halogens is 1. The van der Waals surface area contributed by atoms with Gasteiger partial charge in [-0.25, -0.2) is 4.98 Å². The molecule has 172 valence electrons. The highest BCUT2D eigenvalue weighted by Crippen LogP contribution is 2.37. The zero-order valence-electron chi connectivity index (χ0n) is 18.9. The summed E-state index contributed by atoms with van der Waals surface area (Å²) in [6.07, 6.45) is 5.30. The lowest BCUT2D eigenvalue weighted by Crippen LogP contribution is -2.53. The summed E-state index contributed by atoms with van der Waals surface area (Å²) in [6.45, 7) is 9.13. The Morgan fingerprint density at radius 2 is 2.07 bits per heavy atom. The zero-order valence-corrected chi connectivity index (χ0v) is 22.8. The average Bonchev–Trinajstić information content (AvgIpc) is 3.41. The van der Waals surface area contributed by atoms with Gasteiger partial charge in [0.1, 0.15) is 11.1 Å². The quantitative estimate of drug-likeness (QED) is 0.289. The Morgan fingerprint density at radius 1 is 1.37 bits per heavy atom. The fourth-order valence-corrected chi connectivity index (χ4v) is 6.08. The molecule has 0 spiro atoms. The summed E-state index contributed by atoms with van der Waals surface area (Å²) in [5.41, 5.74) is 1.34. The molecule has 2 heterocycles. The number of aromatic nitrogens is 1. The highest BCUT2D eigenvalue weighted by Gasteiger charge is 2.40. The van der Waals surface area contributed by atoms with Gasteiger partial charge in [-0.3, -0.25) is 9.89 Å². The van der Waals surface area contributed by atoms with E-state index in [1.54, 1.807) is 18.4 Å². The van der Waals surface area contributed by atoms with Crippen molar-refractivity contribution in [3.8, 4) is 0 Å². The predicted molar refractivity (Wildman–Crippen MR) is 140 cm³/mol. The number of methoxy groups -OCH3 is 1. The lowest BCUT2D eigenvalue weighted by molar-refractivity contribution is 0.112. The molecule has 1 saturated carbocycles. The summed E-state index contributed by atoms with van der Waals surface area (Å²) in [6, 6.07) is 0. The number of thioether (sulfide) groups is 1. The zero-order chi connectivity index (χ0) is 20.7. The van der Waals surface area contributed by atoms with Crippen LogP contribution >= 0.6 is 47.1 Å². The van der Waals surface area contributed by atoms with Gasteiger partial charge in [0.25, 0.3) is 0 Å². The number of hydrogen-bond donors (Lipinski definition) is 1. The Labute approximate surface area is 207 Å². The summed E-state index contributed by atoms with van der Waals surface area (Å²) in [7, 11) is 3.84. The van der Waals surface area contributed by atoms with Crippen molar-refractivity contribution < 1.29 is 4.74 Å². The van der Waals surface area contributed by atoms with E-state index in [1.165, 1.54) is 50.3 Å². The third kappa shape index (κ3) is 6.70. The van der Waals surface area contributed by atoms with Gasteiger partial charge in [-0.15, -0.1) is 35.3 Å². The summed E-state index contributed by atoms with van der Waals surface area (Å²) in [4.78, 5) is 14.8. The van der Waals surface area contributed by atoms with Crippen molar-refractivity contribution in [2.75, 3.05) is 51.8 Å². The van der Waals surface area contributed by atoms with Crippen LogP contribution in [0, 0.1) is 0 Å². The van der Waals surface area contributed by atoms with Crippen LogP contribution in [0.4, 0.5) is 0 Å². The van der Waals surface area contributed by atoms with Gasteiger partial charge in [0, 0.05) is 56.2 Å². The highest BCUT2D eigenvalue weighted by atomic mass is 127. The van der Waals surface area contributed by atoms with Crippen LogP contribution in [0.15, 0.2) is 10.4 Å². The fraction of sp³-hybridized carbons (Fsp3) is 0.810. The first-order chi connectivity index (χ1) is 14.1. The molecule has 1 atom stereocenters. The predicted octanol–water partition coefficient (Wildman–Crippen LogP) is 4.23.